The highest BCUT2D eigenvalue weighted by Gasteiger charge is 2.13. The van der Waals surface area contributed by atoms with Crippen molar-refractivity contribution in [3.63, 3.8) is 0 Å². The van der Waals surface area contributed by atoms with Crippen molar-refractivity contribution < 1.29 is 23.5 Å². The molecule has 0 saturated heterocycles. The summed E-state index contributed by atoms with van der Waals surface area (Å²) in [6, 6.07) is 9.04. The van der Waals surface area contributed by atoms with Gasteiger partial charge < -0.3 is 18.7 Å². The van der Waals surface area contributed by atoms with Crippen LogP contribution < -0.4 is 9.47 Å². The summed E-state index contributed by atoms with van der Waals surface area (Å²) in [5.41, 5.74) is 0.759. The highest BCUT2D eigenvalue weighted by Crippen LogP contribution is 2.28. The Balaban J connectivity index is 1.56. The van der Waals surface area contributed by atoms with Gasteiger partial charge in [-0.05, 0) is 29.1 Å². The fraction of sp³-hybridized carbons (Fsp3) is 0.235. The summed E-state index contributed by atoms with van der Waals surface area (Å²) in [6.07, 6.45) is 0.107. The summed E-state index contributed by atoms with van der Waals surface area (Å²) in [4.78, 5) is 17.1. The Labute approximate surface area is 148 Å². The zero-order chi connectivity index (χ0) is 17.6. The SMILES string of the molecule is COc1ccc(CC(=O)OCc2noc(-c3cccs3)n2)cc1OC. The Morgan fingerprint density at radius 1 is 1.20 bits per heavy atom. The molecule has 0 unspecified atom stereocenters. The molecule has 8 heteroatoms. The second kappa shape index (κ2) is 7.80. The molecule has 3 rings (SSSR count). The molecule has 0 aliphatic carbocycles. The van der Waals surface area contributed by atoms with Crippen molar-refractivity contribution in [2.45, 2.75) is 13.0 Å². The van der Waals surface area contributed by atoms with E-state index in [-0.39, 0.29) is 13.0 Å². The lowest BCUT2D eigenvalue weighted by atomic mass is 10.1. The molecule has 0 bridgehead atoms. The Bertz CT molecular complexity index is 845. The third kappa shape index (κ3) is 4.16. The van der Waals surface area contributed by atoms with Gasteiger partial charge in [0.2, 0.25) is 5.82 Å². The molecule has 0 saturated carbocycles. The molecule has 3 aromatic rings. The summed E-state index contributed by atoms with van der Waals surface area (Å²) in [5, 5.41) is 5.73. The van der Waals surface area contributed by atoms with Gasteiger partial charge in [0.1, 0.15) is 0 Å². The van der Waals surface area contributed by atoms with Crippen LogP contribution in [0.4, 0.5) is 0 Å². The number of nitrogens with zero attached hydrogens (tertiary/aromatic N) is 2. The number of ether oxygens (including phenoxy) is 3. The lowest BCUT2D eigenvalue weighted by Crippen LogP contribution is -2.09. The molecule has 2 aromatic heterocycles. The molecule has 0 amide bonds. The third-order valence-electron chi connectivity index (χ3n) is 3.36. The minimum absolute atomic E-state index is 0.0407. The normalized spacial score (nSPS) is 10.5. The molecule has 130 valence electrons. The lowest BCUT2D eigenvalue weighted by molar-refractivity contribution is -0.144. The van der Waals surface area contributed by atoms with Crippen LogP contribution in [-0.4, -0.2) is 30.3 Å². The van der Waals surface area contributed by atoms with Gasteiger partial charge in [0.25, 0.3) is 5.89 Å². The summed E-state index contributed by atoms with van der Waals surface area (Å²) in [7, 11) is 3.10. The van der Waals surface area contributed by atoms with Crippen LogP contribution in [-0.2, 0) is 22.6 Å². The van der Waals surface area contributed by atoms with Gasteiger partial charge in [-0.3, -0.25) is 4.79 Å². The number of carbonyl (C=O) groups excluding carboxylic acids is 1. The van der Waals surface area contributed by atoms with Gasteiger partial charge in [0.15, 0.2) is 18.1 Å². The maximum atomic E-state index is 12.0. The molecule has 0 spiro atoms. The number of thiophene rings is 1. The molecule has 2 heterocycles. The van der Waals surface area contributed by atoms with Crippen LogP contribution in [0.1, 0.15) is 11.4 Å². The molecular formula is C17H16N2O5S. The molecule has 0 fully saturated rings. The molecular weight excluding hydrogens is 344 g/mol. The van der Waals surface area contributed by atoms with Crippen molar-refractivity contribution in [1.29, 1.82) is 0 Å². The van der Waals surface area contributed by atoms with Gasteiger partial charge in [-0.1, -0.05) is 17.3 Å². The lowest BCUT2D eigenvalue weighted by Gasteiger charge is -2.09. The number of benzene rings is 1. The molecule has 0 radical (unpaired) electrons. The minimum atomic E-state index is -0.394. The van der Waals surface area contributed by atoms with Crippen LogP contribution in [0.5, 0.6) is 11.5 Å². The van der Waals surface area contributed by atoms with Gasteiger partial charge in [-0.25, -0.2) is 0 Å². The molecule has 7 nitrogen and oxygen atoms in total. The quantitative estimate of drug-likeness (QED) is 0.599. The molecule has 0 atom stereocenters. The summed E-state index contributed by atoms with van der Waals surface area (Å²) >= 11 is 1.50. The van der Waals surface area contributed by atoms with Gasteiger partial charge in [-0.15, -0.1) is 11.3 Å². The van der Waals surface area contributed by atoms with E-state index in [0.29, 0.717) is 23.2 Å². The fourth-order valence-corrected chi connectivity index (χ4v) is 2.81. The smallest absolute Gasteiger partial charge is 0.310 e. The molecule has 0 aliphatic rings. The van der Waals surface area contributed by atoms with E-state index in [2.05, 4.69) is 10.1 Å². The highest BCUT2D eigenvalue weighted by atomic mass is 32.1. The van der Waals surface area contributed by atoms with Crippen molar-refractivity contribution in [3.8, 4) is 22.3 Å². The van der Waals surface area contributed by atoms with E-state index in [1.807, 2.05) is 17.5 Å². The zero-order valence-corrected chi connectivity index (χ0v) is 14.5. The Kier molecular flexibility index (Phi) is 5.30. The summed E-state index contributed by atoms with van der Waals surface area (Å²) in [6.45, 7) is -0.0407. The fourth-order valence-electron chi connectivity index (χ4n) is 2.17. The first-order valence-corrected chi connectivity index (χ1v) is 8.30. The van der Waals surface area contributed by atoms with Crippen molar-refractivity contribution in [2.24, 2.45) is 0 Å². The van der Waals surface area contributed by atoms with Crippen molar-refractivity contribution in [2.75, 3.05) is 14.2 Å². The average molecular weight is 360 g/mol. The topological polar surface area (TPSA) is 83.7 Å². The summed E-state index contributed by atoms with van der Waals surface area (Å²) in [5.74, 6) is 1.51. The number of carbonyl (C=O) groups is 1. The first kappa shape index (κ1) is 17.0. The van der Waals surface area contributed by atoms with Crippen LogP contribution >= 0.6 is 11.3 Å². The number of hydrogen-bond acceptors (Lipinski definition) is 8. The maximum absolute atomic E-state index is 12.0. The minimum Gasteiger partial charge on any atom is -0.493 e. The molecule has 0 N–H and O–H groups in total. The highest BCUT2D eigenvalue weighted by molar-refractivity contribution is 7.13. The van der Waals surface area contributed by atoms with E-state index in [4.69, 9.17) is 18.7 Å². The van der Waals surface area contributed by atoms with Gasteiger partial charge in [0.05, 0.1) is 25.5 Å². The maximum Gasteiger partial charge on any atom is 0.310 e. The Morgan fingerprint density at radius 3 is 2.76 bits per heavy atom. The van der Waals surface area contributed by atoms with Crippen molar-refractivity contribution in [1.82, 2.24) is 10.1 Å². The molecule has 25 heavy (non-hydrogen) atoms. The van der Waals surface area contributed by atoms with Crippen LogP contribution in [0.25, 0.3) is 10.8 Å². The number of rotatable bonds is 7. The second-order valence-corrected chi connectivity index (χ2v) is 5.97. The predicted octanol–water partition coefficient (Wildman–Crippen LogP) is 3.10. The number of aromatic nitrogens is 2. The second-order valence-electron chi connectivity index (χ2n) is 5.02. The standard InChI is InChI=1S/C17H16N2O5S/c1-21-12-6-5-11(8-13(12)22-2)9-16(20)23-10-15-18-17(24-19-15)14-4-3-7-25-14/h3-8H,9-10H2,1-2H3. The first-order valence-electron chi connectivity index (χ1n) is 7.42. The van der Waals surface area contributed by atoms with Crippen LogP contribution in [0.15, 0.2) is 40.2 Å². The third-order valence-corrected chi connectivity index (χ3v) is 4.22. The Morgan fingerprint density at radius 2 is 2.04 bits per heavy atom. The largest absolute Gasteiger partial charge is 0.493 e. The van der Waals surface area contributed by atoms with E-state index >= 15 is 0 Å². The van der Waals surface area contributed by atoms with Crippen LogP contribution in [0, 0.1) is 0 Å². The van der Waals surface area contributed by atoms with Crippen molar-refractivity contribution >= 4 is 17.3 Å². The van der Waals surface area contributed by atoms with E-state index in [1.54, 1.807) is 32.4 Å². The van der Waals surface area contributed by atoms with Gasteiger partial charge >= 0.3 is 5.97 Å². The number of esters is 1. The van der Waals surface area contributed by atoms with Crippen molar-refractivity contribution in [3.05, 3.63) is 47.1 Å². The monoisotopic (exact) mass is 360 g/mol. The summed E-state index contributed by atoms with van der Waals surface area (Å²) < 4.78 is 20.7. The number of methoxy groups -OCH3 is 2. The van der Waals surface area contributed by atoms with Crippen LogP contribution in [0.2, 0.25) is 0 Å². The van der Waals surface area contributed by atoms with Crippen LogP contribution in [0.3, 0.4) is 0 Å². The predicted molar refractivity (Wildman–Crippen MR) is 90.7 cm³/mol. The first-order chi connectivity index (χ1) is 12.2. The van der Waals surface area contributed by atoms with E-state index in [0.717, 1.165) is 10.4 Å². The molecule has 0 aliphatic heterocycles. The molecule has 1 aromatic carbocycles. The van der Waals surface area contributed by atoms with E-state index < -0.39 is 5.97 Å². The zero-order valence-electron chi connectivity index (χ0n) is 13.7. The number of hydrogen-bond donors (Lipinski definition) is 0. The van der Waals surface area contributed by atoms with Gasteiger partial charge in [0, 0.05) is 0 Å². The van der Waals surface area contributed by atoms with E-state index in [1.165, 1.54) is 11.3 Å². The Hall–Kier alpha value is -2.87. The average Bonchev–Trinajstić information content (AvgIpc) is 3.31. The van der Waals surface area contributed by atoms with Gasteiger partial charge in [-0.2, -0.15) is 4.98 Å². The van der Waals surface area contributed by atoms with E-state index in [9.17, 15) is 4.79 Å².